The van der Waals surface area contributed by atoms with Crippen molar-refractivity contribution in [3.8, 4) is 11.5 Å². The van der Waals surface area contributed by atoms with E-state index in [9.17, 15) is 13.2 Å². The third-order valence-electron chi connectivity index (χ3n) is 4.13. The summed E-state index contributed by atoms with van der Waals surface area (Å²) in [5, 5.41) is 3.02. The van der Waals surface area contributed by atoms with Gasteiger partial charge < -0.3 is 14.8 Å². The number of carbonyl (C=O) groups is 1. The maximum atomic E-state index is 13.0. The molecular formula is C20H25ClN2O5S. The zero-order valence-corrected chi connectivity index (χ0v) is 18.4. The second-order valence-corrected chi connectivity index (χ2v) is 8.52. The second kappa shape index (κ2) is 9.84. The zero-order chi connectivity index (χ0) is 21.6. The summed E-state index contributed by atoms with van der Waals surface area (Å²) in [4.78, 5) is 13.0. The number of hydrogen-bond donors (Lipinski definition) is 1. The van der Waals surface area contributed by atoms with Gasteiger partial charge >= 0.3 is 0 Å². The van der Waals surface area contributed by atoms with E-state index in [0.717, 1.165) is 10.6 Å². The maximum absolute atomic E-state index is 13.0. The second-order valence-electron chi connectivity index (χ2n) is 6.25. The van der Waals surface area contributed by atoms with Crippen LogP contribution in [0.5, 0.6) is 11.5 Å². The molecule has 0 aromatic heterocycles. The number of methoxy groups -OCH3 is 1. The van der Waals surface area contributed by atoms with Gasteiger partial charge in [0.2, 0.25) is 15.9 Å². The fourth-order valence-electron chi connectivity index (χ4n) is 2.91. The van der Waals surface area contributed by atoms with Gasteiger partial charge in [0.05, 0.1) is 30.7 Å². The van der Waals surface area contributed by atoms with E-state index in [-0.39, 0.29) is 17.1 Å². The van der Waals surface area contributed by atoms with Crippen LogP contribution in [0.25, 0.3) is 0 Å². The highest BCUT2D eigenvalue weighted by Gasteiger charge is 2.32. The Morgan fingerprint density at radius 3 is 2.48 bits per heavy atom. The van der Waals surface area contributed by atoms with Gasteiger partial charge in [-0.1, -0.05) is 24.6 Å². The van der Waals surface area contributed by atoms with E-state index in [0.29, 0.717) is 23.8 Å². The van der Waals surface area contributed by atoms with Crippen molar-refractivity contribution in [3.63, 3.8) is 0 Å². The van der Waals surface area contributed by atoms with Gasteiger partial charge in [-0.05, 0) is 43.7 Å². The van der Waals surface area contributed by atoms with Gasteiger partial charge in [0, 0.05) is 11.8 Å². The molecule has 0 bridgehead atoms. The molecule has 0 radical (unpaired) electrons. The molecule has 2 rings (SSSR count). The summed E-state index contributed by atoms with van der Waals surface area (Å²) in [6, 6.07) is 10.5. The fraction of sp³-hybridized carbons (Fsp3) is 0.350. The molecule has 0 unspecified atom stereocenters. The molecule has 0 aliphatic rings. The van der Waals surface area contributed by atoms with Gasteiger partial charge in [-0.3, -0.25) is 9.10 Å². The van der Waals surface area contributed by atoms with Crippen molar-refractivity contribution in [3.05, 3.63) is 47.5 Å². The summed E-state index contributed by atoms with van der Waals surface area (Å²) in [6.07, 6.45) is 1.31. The summed E-state index contributed by atoms with van der Waals surface area (Å²) < 4.78 is 36.7. The average molecular weight is 441 g/mol. The summed E-state index contributed by atoms with van der Waals surface area (Å²) in [5.74, 6) is 0.563. The Hall–Kier alpha value is -2.45. The zero-order valence-electron chi connectivity index (χ0n) is 16.8. The monoisotopic (exact) mass is 440 g/mol. The molecule has 0 fully saturated rings. The normalized spacial score (nSPS) is 12.2. The van der Waals surface area contributed by atoms with Crippen molar-refractivity contribution in [1.29, 1.82) is 0 Å². The molecule has 2 aromatic carbocycles. The Labute approximate surface area is 176 Å². The van der Waals surface area contributed by atoms with Crippen LogP contribution < -0.4 is 19.1 Å². The van der Waals surface area contributed by atoms with E-state index in [4.69, 9.17) is 21.1 Å². The predicted molar refractivity (Wildman–Crippen MR) is 116 cm³/mol. The summed E-state index contributed by atoms with van der Waals surface area (Å²) in [6.45, 7) is 4.10. The highest BCUT2D eigenvalue weighted by molar-refractivity contribution is 7.92. The molecule has 1 amide bonds. The van der Waals surface area contributed by atoms with E-state index in [1.54, 1.807) is 43.3 Å². The number of anilines is 2. The Bertz CT molecular complexity index is 965. The Morgan fingerprint density at radius 1 is 1.21 bits per heavy atom. The van der Waals surface area contributed by atoms with Crippen LogP contribution in [-0.2, 0) is 14.8 Å². The lowest BCUT2D eigenvalue weighted by atomic mass is 10.1. The van der Waals surface area contributed by atoms with Crippen molar-refractivity contribution < 1.29 is 22.7 Å². The minimum absolute atomic E-state index is 0.248. The number of amides is 1. The van der Waals surface area contributed by atoms with Crippen LogP contribution in [0.15, 0.2) is 42.5 Å². The van der Waals surface area contributed by atoms with Gasteiger partial charge in [-0.15, -0.1) is 0 Å². The number of halogens is 1. The molecular weight excluding hydrogens is 416 g/mol. The molecule has 1 N–H and O–H groups in total. The van der Waals surface area contributed by atoms with Crippen molar-refractivity contribution in [2.75, 3.05) is 29.6 Å². The first kappa shape index (κ1) is 22.8. The minimum atomic E-state index is -3.77. The summed E-state index contributed by atoms with van der Waals surface area (Å²) in [5.41, 5.74) is 0.795. The fourth-order valence-corrected chi connectivity index (χ4v) is 4.36. The Morgan fingerprint density at radius 2 is 1.93 bits per heavy atom. The third kappa shape index (κ3) is 5.77. The molecule has 0 saturated heterocycles. The van der Waals surface area contributed by atoms with E-state index < -0.39 is 22.0 Å². The van der Waals surface area contributed by atoms with E-state index >= 15 is 0 Å². The first-order chi connectivity index (χ1) is 13.7. The van der Waals surface area contributed by atoms with Crippen molar-refractivity contribution in [1.82, 2.24) is 0 Å². The number of hydrogen-bond acceptors (Lipinski definition) is 5. The number of benzene rings is 2. The van der Waals surface area contributed by atoms with Gasteiger partial charge in [0.15, 0.2) is 0 Å². The number of nitrogens with zero attached hydrogens (tertiary/aromatic N) is 1. The molecule has 0 aliphatic heterocycles. The molecule has 1 atom stereocenters. The number of ether oxygens (including phenoxy) is 2. The van der Waals surface area contributed by atoms with Crippen molar-refractivity contribution in [2.24, 2.45) is 0 Å². The number of carbonyl (C=O) groups excluding carboxylic acids is 1. The quantitative estimate of drug-likeness (QED) is 0.638. The number of nitrogens with one attached hydrogen (secondary N) is 1. The van der Waals surface area contributed by atoms with Crippen molar-refractivity contribution in [2.45, 2.75) is 26.3 Å². The molecule has 7 nitrogen and oxygen atoms in total. The lowest BCUT2D eigenvalue weighted by Crippen LogP contribution is -2.47. The average Bonchev–Trinajstić information content (AvgIpc) is 2.65. The van der Waals surface area contributed by atoms with Crippen LogP contribution in [-0.4, -0.2) is 40.3 Å². The Kier molecular flexibility index (Phi) is 7.75. The van der Waals surface area contributed by atoms with Crippen molar-refractivity contribution >= 4 is 38.9 Å². The van der Waals surface area contributed by atoms with Gasteiger partial charge in [0.1, 0.15) is 17.5 Å². The predicted octanol–water partition coefficient (Wildman–Crippen LogP) is 3.93. The highest BCUT2D eigenvalue weighted by Crippen LogP contribution is 2.32. The van der Waals surface area contributed by atoms with E-state index in [1.807, 2.05) is 6.92 Å². The minimum Gasteiger partial charge on any atom is -0.495 e. The van der Waals surface area contributed by atoms with E-state index in [1.165, 1.54) is 13.2 Å². The van der Waals surface area contributed by atoms with Gasteiger partial charge in [0.25, 0.3) is 0 Å². The lowest BCUT2D eigenvalue weighted by Gasteiger charge is -2.30. The first-order valence-corrected chi connectivity index (χ1v) is 11.3. The summed E-state index contributed by atoms with van der Waals surface area (Å²) in [7, 11) is -2.31. The SMILES string of the molecule is CCOc1cccc(NC(=O)[C@H](CC)N(c2ccc(OC)c(Cl)c2)S(C)(=O)=O)c1. The standard InChI is InChI=1S/C20H25ClN2O5S/c1-5-18(20(24)22-14-8-7-9-16(12-14)28-6-2)23(29(4,25)26)15-10-11-19(27-3)17(21)13-15/h7-13,18H,5-6H2,1-4H3,(H,22,24)/t18-/m0/s1. The molecule has 29 heavy (non-hydrogen) atoms. The molecule has 9 heteroatoms. The molecule has 0 heterocycles. The highest BCUT2D eigenvalue weighted by atomic mass is 35.5. The van der Waals surface area contributed by atoms with Crippen LogP contribution >= 0.6 is 11.6 Å². The van der Waals surface area contributed by atoms with Crippen LogP contribution in [0.3, 0.4) is 0 Å². The van der Waals surface area contributed by atoms with E-state index in [2.05, 4.69) is 5.32 Å². The lowest BCUT2D eigenvalue weighted by molar-refractivity contribution is -0.117. The third-order valence-corrected chi connectivity index (χ3v) is 5.61. The molecule has 0 saturated carbocycles. The van der Waals surface area contributed by atoms with Gasteiger partial charge in [-0.25, -0.2) is 8.42 Å². The topological polar surface area (TPSA) is 84.9 Å². The van der Waals surface area contributed by atoms with Crippen LogP contribution in [0.4, 0.5) is 11.4 Å². The largest absolute Gasteiger partial charge is 0.495 e. The first-order valence-electron chi connectivity index (χ1n) is 9.07. The maximum Gasteiger partial charge on any atom is 0.248 e. The Balaban J connectivity index is 2.37. The smallest absolute Gasteiger partial charge is 0.248 e. The number of rotatable bonds is 9. The molecule has 0 aliphatic carbocycles. The van der Waals surface area contributed by atoms with Crippen LogP contribution in [0.2, 0.25) is 5.02 Å². The summed E-state index contributed by atoms with van der Waals surface area (Å²) >= 11 is 6.17. The molecule has 0 spiro atoms. The van der Waals surface area contributed by atoms with Gasteiger partial charge in [-0.2, -0.15) is 0 Å². The molecule has 158 valence electrons. The number of sulfonamides is 1. The molecule has 2 aromatic rings. The van der Waals surface area contributed by atoms with Crippen LogP contribution in [0.1, 0.15) is 20.3 Å². The van der Waals surface area contributed by atoms with Crippen LogP contribution in [0, 0.1) is 0 Å².